The average Bonchev–Trinajstić information content (AvgIpc) is 2.90. The highest BCUT2D eigenvalue weighted by Gasteiger charge is 2.22. The number of amides is 2. The number of ether oxygens (including phenoxy) is 1. The Labute approximate surface area is 107 Å². The van der Waals surface area contributed by atoms with Crippen molar-refractivity contribution in [1.29, 1.82) is 0 Å². The maximum absolute atomic E-state index is 12.2. The van der Waals surface area contributed by atoms with Gasteiger partial charge in [0.05, 0.1) is 6.10 Å². The maximum Gasteiger partial charge on any atom is 0.317 e. The number of hydrogen-bond donors (Lipinski definition) is 1. The number of hydrogen-bond acceptors (Lipinski definition) is 3. The molecule has 2 aliphatic rings. The molecule has 18 heavy (non-hydrogen) atoms. The fourth-order valence-electron chi connectivity index (χ4n) is 2.41. The molecule has 2 saturated heterocycles. The van der Waals surface area contributed by atoms with E-state index in [1.165, 1.54) is 0 Å². The Bertz CT molecular complexity index is 264. The van der Waals surface area contributed by atoms with Crippen molar-refractivity contribution in [3.63, 3.8) is 0 Å². The highest BCUT2D eigenvalue weighted by Crippen LogP contribution is 2.10. The van der Waals surface area contributed by atoms with Crippen LogP contribution < -0.4 is 5.32 Å². The summed E-state index contributed by atoms with van der Waals surface area (Å²) in [5.41, 5.74) is 0. The van der Waals surface area contributed by atoms with Crippen LogP contribution in [0.4, 0.5) is 9.18 Å². The van der Waals surface area contributed by atoms with E-state index in [0.29, 0.717) is 26.2 Å². The van der Waals surface area contributed by atoms with Gasteiger partial charge < -0.3 is 15.0 Å². The van der Waals surface area contributed by atoms with Gasteiger partial charge in [0, 0.05) is 45.9 Å². The minimum Gasteiger partial charge on any atom is -0.376 e. The molecule has 2 heterocycles. The van der Waals surface area contributed by atoms with Gasteiger partial charge in [-0.2, -0.15) is 0 Å². The van der Waals surface area contributed by atoms with E-state index in [1.54, 1.807) is 4.90 Å². The summed E-state index contributed by atoms with van der Waals surface area (Å²) in [5, 5.41) is 2.91. The molecule has 2 rings (SSSR count). The second-order valence-corrected chi connectivity index (χ2v) is 4.84. The van der Waals surface area contributed by atoms with Crippen LogP contribution in [0.5, 0.6) is 0 Å². The van der Waals surface area contributed by atoms with E-state index in [-0.39, 0.29) is 18.8 Å². The number of carbonyl (C=O) groups is 1. The first-order valence-corrected chi connectivity index (χ1v) is 6.72. The molecule has 0 spiro atoms. The van der Waals surface area contributed by atoms with Crippen molar-refractivity contribution in [3.05, 3.63) is 0 Å². The zero-order valence-corrected chi connectivity index (χ0v) is 10.7. The highest BCUT2D eigenvalue weighted by atomic mass is 19.1. The molecule has 1 N–H and O–H groups in total. The number of halogens is 1. The summed E-state index contributed by atoms with van der Waals surface area (Å²) in [5.74, 6) is 0. The Balaban J connectivity index is 1.64. The fourth-order valence-corrected chi connectivity index (χ4v) is 2.41. The number of carbonyl (C=O) groups excluding carboxylic acids is 1. The van der Waals surface area contributed by atoms with Crippen LogP contribution in [-0.2, 0) is 4.74 Å². The zero-order valence-electron chi connectivity index (χ0n) is 10.7. The topological polar surface area (TPSA) is 44.8 Å². The molecule has 0 aliphatic carbocycles. The van der Waals surface area contributed by atoms with Crippen molar-refractivity contribution >= 4 is 6.03 Å². The lowest BCUT2D eigenvalue weighted by atomic mass is 10.2. The van der Waals surface area contributed by atoms with Crippen molar-refractivity contribution in [2.75, 3.05) is 52.6 Å². The first-order valence-electron chi connectivity index (χ1n) is 6.72. The van der Waals surface area contributed by atoms with Crippen molar-refractivity contribution in [1.82, 2.24) is 15.1 Å². The molecule has 6 heteroatoms. The Kier molecular flexibility index (Phi) is 5.19. The molecule has 1 unspecified atom stereocenters. The number of urea groups is 1. The normalized spacial score (nSPS) is 25.4. The van der Waals surface area contributed by atoms with Crippen LogP contribution in [-0.4, -0.2) is 74.5 Å². The quantitative estimate of drug-likeness (QED) is 0.798. The highest BCUT2D eigenvalue weighted by molar-refractivity contribution is 5.74. The van der Waals surface area contributed by atoms with E-state index in [4.69, 9.17) is 4.74 Å². The smallest absolute Gasteiger partial charge is 0.317 e. The summed E-state index contributed by atoms with van der Waals surface area (Å²) < 4.78 is 17.6. The minimum atomic E-state index is -0.314. The largest absolute Gasteiger partial charge is 0.376 e. The fraction of sp³-hybridized carbons (Fsp3) is 0.917. The molecule has 1 atom stereocenters. The number of piperazine rings is 1. The van der Waals surface area contributed by atoms with Gasteiger partial charge in [0.1, 0.15) is 6.67 Å². The molecule has 0 aromatic carbocycles. The molecule has 0 radical (unpaired) electrons. The SMILES string of the molecule is O=C(NCC1CCCO1)N1CCN(CCF)CC1. The summed E-state index contributed by atoms with van der Waals surface area (Å²) >= 11 is 0. The lowest BCUT2D eigenvalue weighted by Gasteiger charge is -2.34. The third kappa shape index (κ3) is 3.81. The van der Waals surface area contributed by atoms with Crippen LogP contribution in [0.1, 0.15) is 12.8 Å². The third-order valence-corrected chi connectivity index (χ3v) is 3.57. The summed E-state index contributed by atoms with van der Waals surface area (Å²) in [4.78, 5) is 15.7. The predicted molar refractivity (Wildman–Crippen MR) is 66.4 cm³/mol. The standard InChI is InChI=1S/C12H22FN3O2/c13-3-4-15-5-7-16(8-6-15)12(17)14-10-11-2-1-9-18-11/h11H,1-10H2,(H,14,17). The Morgan fingerprint density at radius 1 is 1.33 bits per heavy atom. The molecule has 0 bridgehead atoms. The van der Waals surface area contributed by atoms with Gasteiger partial charge in [-0.15, -0.1) is 0 Å². The third-order valence-electron chi connectivity index (χ3n) is 3.57. The molecule has 104 valence electrons. The summed E-state index contributed by atoms with van der Waals surface area (Å²) in [7, 11) is 0. The molecule has 2 aliphatic heterocycles. The van der Waals surface area contributed by atoms with Crippen molar-refractivity contribution < 1.29 is 13.9 Å². The number of rotatable bonds is 4. The molecule has 2 amide bonds. The van der Waals surface area contributed by atoms with E-state index >= 15 is 0 Å². The van der Waals surface area contributed by atoms with E-state index in [2.05, 4.69) is 5.32 Å². The molecule has 0 aromatic heterocycles. The summed E-state index contributed by atoms with van der Waals surface area (Å²) in [6.07, 6.45) is 2.30. The van der Waals surface area contributed by atoms with Crippen LogP contribution >= 0.6 is 0 Å². The van der Waals surface area contributed by atoms with Gasteiger partial charge in [0.15, 0.2) is 0 Å². The van der Waals surface area contributed by atoms with Crippen molar-refractivity contribution in [3.8, 4) is 0 Å². The van der Waals surface area contributed by atoms with Crippen molar-refractivity contribution in [2.24, 2.45) is 0 Å². The van der Waals surface area contributed by atoms with Crippen LogP contribution in [0.15, 0.2) is 0 Å². The maximum atomic E-state index is 12.2. The van der Waals surface area contributed by atoms with Crippen LogP contribution in [0.2, 0.25) is 0 Å². The van der Waals surface area contributed by atoms with Gasteiger partial charge in [0.2, 0.25) is 0 Å². The molecule has 2 fully saturated rings. The zero-order chi connectivity index (χ0) is 12.8. The first-order chi connectivity index (χ1) is 8.79. The predicted octanol–water partition coefficient (Wildman–Crippen LogP) is 0.462. The van der Waals surface area contributed by atoms with Crippen molar-refractivity contribution in [2.45, 2.75) is 18.9 Å². The molecule has 0 saturated carbocycles. The Morgan fingerprint density at radius 2 is 2.11 bits per heavy atom. The van der Waals surface area contributed by atoms with Gasteiger partial charge in [-0.3, -0.25) is 4.90 Å². The van der Waals surface area contributed by atoms with E-state index in [1.807, 2.05) is 4.90 Å². The van der Waals surface area contributed by atoms with Gasteiger partial charge in [0.25, 0.3) is 0 Å². The second-order valence-electron chi connectivity index (χ2n) is 4.84. The first kappa shape index (κ1) is 13.5. The number of nitrogens with one attached hydrogen (secondary N) is 1. The van der Waals surface area contributed by atoms with E-state index in [0.717, 1.165) is 32.5 Å². The van der Waals surface area contributed by atoms with Crippen LogP contribution in [0.25, 0.3) is 0 Å². The van der Waals surface area contributed by atoms with Gasteiger partial charge >= 0.3 is 6.03 Å². The van der Waals surface area contributed by atoms with Crippen LogP contribution in [0.3, 0.4) is 0 Å². The lowest BCUT2D eigenvalue weighted by molar-refractivity contribution is 0.104. The monoisotopic (exact) mass is 259 g/mol. The number of nitrogens with zero attached hydrogens (tertiary/aromatic N) is 2. The summed E-state index contributed by atoms with van der Waals surface area (Å²) in [6, 6.07) is -0.0228. The van der Waals surface area contributed by atoms with E-state index < -0.39 is 0 Å². The summed E-state index contributed by atoms with van der Waals surface area (Å²) in [6.45, 7) is 4.45. The molecule has 5 nitrogen and oxygen atoms in total. The lowest BCUT2D eigenvalue weighted by Crippen LogP contribution is -2.52. The van der Waals surface area contributed by atoms with E-state index in [9.17, 15) is 9.18 Å². The molecule has 0 aromatic rings. The average molecular weight is 259 g/mol. The number of alkyl halides is 1. The molecular weight excluding hydrogens is 237 g/mol. The van der Waals surface area contributed by atoms with Gasteiger partial charge in [-0.05, 0) is 12.8 Å². The van der Waals surface area contributed by atoms with Gasteiger partial charge in [-0.25, -0.2) is 9.18 Å². The Morgan fingerprint density at radius 3 is 2.72 bits per heavy atom. The minimum absolute atomic E-state index is 0.0228. The second kappa shape index (κ2) is 6.89. The van der Waals surface area contributed by atoms with Crippen LogP contribution in [0, 0.1) is 0 Å². The van der Waals surface area contributed by atoms with Gasteiger partial charge in [-0.1, -0.05) is 0 Å². The Hall–Kier alpha value is -0.880. The molecular formula is C12H22FN3O2.